The van der Waals surface area contributed by atoms with E-state index in [1.54, 1.807) is 6.07 Å². The summed E-state index contributed by atoms with van der Waals surface area (Å²) < 4.78 is 0. The highest BCUT2D eigenvalue weighted by Crippen LogP contribution is 2.36. The minimum Gasteiger partial charge on any atom is -0.391 e. The summed E-state index contributed by atoms with van der Waals surface area (Å²) in [5, 5.41) is 10.9. The molecule has 0 unspecified atom stereocenters. The van der Waals surface area contributed by atoms with Gasteiger partial charge in [-0.2, -0.15) is 0 Å². The molecule has 0 saturated carbocycles. The molecule has 19 heavy (non-hydrogen) atoms. The van der Waals surface area contributed by atoms with Gasteiger partial charge in [-0.3, -0.25) is 10.1 Å². The van der Waals surface area contributed by atoms with E-state index in [9.17, 15) is 10.1 Å². The molecule has 1 saturated heterocycles. The lowest BCUT2D eigenvalue weighted by atomic mass is 10.1. The molecule has 1 aromatic rings. The zero-order valence-electron chi connectivity index (χ0n) is 11.5. The average Bonchev–Trinajstić information content (AvgIpc) is 2.71. The first kappa shape index (κ1) is 13.6. The first-order valence-corrected chi connectivity index (χ1v) is 6.37. The quantitative estimate of drug-likeness (QED) is 0.511. The van der Waals surface area contributed by atoms with Gasteiger partial charge in [0.1, 0.15) is 5.69 Å². The van der Waals surface area contributed by atoms with Crippen molar-refractivity contribution < 1.29 is 4.92 Å². The van der Waals surface area contributed by atoms with Crippen LogP contribution in [0.4, 0.5) is 17.1 Å². The third-order valence-corrected chi connectivity index (χ3v) is 3.85. The van der Waals surface area contributed by atoms with Gasteiger partial charge in [-0.05, 0) is 33.5 Å². The fourth-order valence-electron chi connectivity index (χ4n) is 2.66. The molecule has 1 aliphatic heterocycles. The van der Waals surface area contributed by atoms with Crippen LogP contribution in [0, 0.1) is 10.1 Å². The summed E-state index contributed by atoms with van der Waals surface area (Å²) in [5.41, 5.74) is 6.97. The predicted molar refractivity (Wildman–Crippen MR) is 76.4 cm³/mol. The molecule has 6 nitrogen and oxygen atoms in total. The van der Waals surface area contributed by atoms with Crippen LogP contribution in [0.5, 0.6) is 0 Å². The number of hydrogen-bond donors (Lipinski definition) is 1. The molecule has 1 aliphatic rings. The van der Waals surface area contributed by atoms with Crippen molar-refractivity contribution in [2.24, 2.45) is 0 Å². The molecule has 0 aliphatic carbocycles. The zero-order valence-corrected chi connectivity index (χ0v) is 11.5. The summed E-state index contributed by atoms with van der Waals surface area (Å²) in [6, 6.07) is 5.78. The Balaban J connectivity index is 2.33. The number of nitro benzene ring substituents is 1. The van der Waals surface area contributed by atoms with Crippen LogP contribution in [-0.4, -0.2) is 42.5 Å². The van der Waals surface area contributed by atoms with Crippen LogP contribution in [0.15, 0.2) is 18.2 Å². The van der Waals surface area contributed by atoms with Crippen molar-refractivity contribution in [2.45, 2.75) is 25.4 Å². The van der Waals surface area contributed by atoms with Gasteiger partial charge in [0.05, 0.1) is 10.6 Å². The smallest absolute Gasteiger partial charge is 0.294 e. The maximum atomic E-state index is 10.9. The van der Waals surface area contributed by atoms with E-state index in [2.05, 4.69) is 30.8 Å². The van der Waals surface area contributed by atoms with Gasteiger partial charge in [0, 0.05) is 24.7 Å². The second-order valence-electron chi connectivity index (χ2n) is 5.32. The highest BCUT2D eigenvalue weighted by Gasteiger charge is 2.32. The highest BCUT2D eigenvalue weighted by atomic mass is 16.6. The molecule has 0 bridgehead atoms. The number of rotatable bonds is 3. The van der Waals surface area contributed by atoms with Crippen LogP contribution in [0.2, 0.25) is 0 Å². The number of nitro groups is 1. The molecule has 0 spiro atoms. The second-order valence-corrected chi connectivity index (χ2v) is 5.32. The SMILES string of the molecule is C[C@H]1C[C@H](N(C)C)CN1c1cccc([N+](=O)[O-])c1N. The maximum Gasteiger partial charge on any atom is 0.294 e. The molecular weight excluding hydrogens is 244 g/mol. The highest BCUT2D eigenvalue weighted by molar-refractivity contribution is 5.77. The summed E-state index contributed by atoms with van der Waals surface area (Å²) in [5.74, 6) is 0. The predicted octanol–water partition coefficient (Wildman–Crippen LogP) is 1.71. The van der Waals surface area contributed by atoms with Crippen molar-refractivity contribution in [3.05, 3.63) is 28.3 Å². The van der Waals surface area contributed by atoms with Crippen molar-refractivity contribution >= 4 is 17.1 Å². The van der Waals surface area contributed by atoms with Gasteiger partial charge in [0.2, 0.25) is 0 Å². The Bertz CT molecular complexity index is 490. The van der Waals surface area contributed by atoms with Crippen molar-refractivity contribution in [3.8, 4) is 0 Å². The zero-order chi connectivity index (χ0) is 14.2. The molecule has 0 amide bonds. The molecule has 2 rings (SSSR count). The van der Waals surface area contributed by atoms with Crippen LogP contribution < -0.4 is 10.6 Å². The van der Waals surface area contributed by atoms with Crippen molar-refractivity contribution in [1.82, 2.24) is 4.90 Å². The maximum absolute atomic E-state index is 10.9. The molecule has 104 valence electrons. The first-order chi connectivity index (χ1) is 8.91. The number of nitrogen functional groups attached to an aromatic ring is 1. The molecule has 2 N–H and O–H groups in total. The van der Waals surface area contributed by atoms with Crippen LogP contribution in [0.1, 0.15) is 13.3 Å². The Kier molecular flexibility index (Phi) is 3.61. The standard InChI is InChI=1S/C13H20N4O2/c1-9-7-10(15(2)3)8-16(9)11-5-4-6-12(13(11)14)17(18)19/h4-6,9-10H,7-8,14H2,1-3H3/t9-,10-/m0/s1. The van der Waals surface area contributed by atoms with Gasteiger partial charge in [-0.15, -0.1) is 0 Å². The lowest BCUT2D eigenvalue weighted by molar-refractivity contribution is -0.383. The molecular formula is C13H20N4O2. The Hall–Kier alpha value is -1.82. The van der Waals surface area contributed by atoms with Gasteiger partial charge in [0.15, 0.2) is 0 Å². The number of nitrogens with zero attached hydrogens (tertiary/aromatic N) is 3. The third kappa shape index (κ3) is 2.49. The minimum absolute atomic E-state index is 0.0157. The van der Waals surface area contributed by atoms with Crippen LogP contribution >= 0.6 is 0 Å². The first-order valence-electron chi connectivity index (χ1n) is 6.37. The van der Waals surface area contributed by atoms with Crippen LogP contribution in [0.3, 0.4) is 0 Å². The van der Waals surface area contributed by atoms with Crippen molar-refractivity contribution in [2.75, 3.05) is 31.3 Å². The molecule has 1 fully saturated rings. The summed E-state index contributed by atoms with van der Waals surface area (Å²) >= 11 is 0. The number of anilines is 2. The number of nitrogens with two attached hydrogens (primary N) is 1. The number of hydrogen-bond acceptors (Lipinski definition) is 5. The molecule has 0 radical (unpaired) electrons. The average molecular weight is 264 g/mol. The second kappa shape index (κ2) is 5.05. The van der Waals surface area contributed by atoms with E-state index in [4.69, 9.17) is 5.73 Å². The van der Waals surface area contributed by atoms with Gasteiger partial charge in [-0.1, -0.05) is 6.07 Å². The van der Waals surface area contributed by atoms with Gasteiger partial charge >= 0.3 is 0 Å². The van der Waals surface area contributed by atoms with E-state index in [1.807, 2.05) is 6.07 Å². The fraction of sp³-hybridized carbons (Fsp3) is 0.538. The summed E-state index contributed by atoms with van der Waals surface area (Å²) in [7, 11) is 4.11. The normalized spacial score (nSPS) is 23.1. The third-order valence-electron chi connectivity index (χ3n) is 3.85. The Morgan fingerprint density at radius 1 is 1.47 bits per heavy atom. The van der Waals surface area contributed by atoms with Gasteiger partial charge < -0.3 is 15.5 Å². The minimum atomic E-state index is -0.428. The lowest BCUT2D eigenvalue weighted by Crippen LogP contribution is -2.32. The van der Waals surface area contributed by atoms with Gasteiger partial charge in [0.25, 0.3) is 5.69 Å². The molecule has 1 aromatic carbocycles. The van der Waals surface area contributed by atoms with Crippen LogP contribution in [0.25, 0.3) is 0 Å². The van der Waals surface area contributed by atoms with Crippen molar-refractivity contribution in [3.63, 3.8) is 0 Å². The van der Waals surface area contributed by atoms with Crippen molar-refractivity contribution in [1.29, 1.82) is 0 Å². The monoisotopic (exact) mass is 264 g/mol. The van der Waals surface area contributed by atoms with E-state index < -0.39 is 4.92 Å². The van der Waals surface area contributed by atoms with Gasteiger partial charge in [-0.25, -0.2) is 0 Å². The van der Waals surface area contributed by atoms with E-state index >= 15 is 0 Å². The topological polar surface area (TPSA) is 75.6 Å². The largest absolute Gasteiger partial charge is 0.391 e. The summed E-state index contributed by atoms with van der Waals surface area (Å²) in [4.78, 5) is 14.9. The van der Waals surface area contributed by atoms with Crippen LogP contribution in [-0.2, 0) is 0 Å². The molecule has 2 atom stereocenters. The number of para-hydroxylation sites is 1. The van der Waals surface area contributed by atoms with E-state index in [-0.39, 0.29) is 11.4 Å². The Labute approximate surface area is 112 Å². The molecule has 1 heterocycles. The number of likely N-dealkylation sites (N-methyl/N-ethyl adjacent to an activating group) is 1. The Morgan fingerprint density at radius 2 is 2.16 bits per heavy atom. The summed E-state index contributed by atoms with van der Waals surface area (Å²) in [6.07, 6.45) is 1.04. The van der Waals surface area contributed by atoms with E-state index in [1.165, 1.54) is 6.07 Å². The van der Waals surface area contributed by atoms with E-state index in [0.717, 1.165) is 18.7 Å². The Morgan fingerprint density at radius 3 is 2.68 bits per heavy atom. The molecule has 6 heteroatoms. The van der Waals surface area contributed by atoms with E-state index in [0.29, 0.717) is 12.1 Å². The lowest BCUT2D eigenvalue weighted by Gasteiger charge is -2.25. The fourth-order valence-corrected chi connectivity index (χ4v) is 2.66. The summed E-state index contributed by atoms with van der Waals surface area (Å²) in [6.45, 7) is 2.97. The number of benzene rings is 1. The molecule has 0 aromatic heterocycles.